The van der Waals surface area contributed by atoms with Crippen LogP contribution in [0.5, 0.6) is 0 Å². The maximum atomic E-state index is 14.2. The second kappa shape index (κ2) is 12.7. The van der Waals surface area contributed by atoms with Crippen molar-refractivity contribution < 1.29 is 29.0 Å². The molecule has 10 nitrogen and oxygen atoms in total. The van der Waals surface area contributed by atoms with Gasteiger partial charge in [0.25, 0.3) is 5.91 Å². The van der Waals surface area contributed by atoms with Gasteiger partial charge in [0.15, 0.2) is 13.9 Å². The van der Waals surface area contributed by atoms with Crippen molar-refractivity contribution in [3.05, 3.63) is 95.7 Å². The van der Waals surface area contributed by atoms with Gasteiger partial charge in [0.1, 0.15) is 0 Å². The number of amides is 3. The van der Waals surface area contributed by atoms with E-state index < -0.39 is 31.5 Å². The Balaban J connectivity index is 1.28. The van der Waals surface area contributed by atoms with Gasteiger partial charge in [-0.15, -0.1) is 0 Å². The first-order valence-corrected chi connectivity index (χ1v) is 19.1. The molecule has 4 atom stereocenters. The van der Waals surface area contributed by atoms with E-state index in [-0.39, 0.29) is 43.7 Å². The number of aromatic amines is 1. The van der Waals surface area contributed by atoms with Crippen LogP contribution in [0.3, 0.4) is 0 Å². The van der Waals surface area contributed by atoms with Crippen LogP contribution < -0.4 is 10.2 Å². The lowest BCUT2D eigenvalue weighted by Crippen LogP contribution is -2.45. The van der Waals surface area contributed by atoms with E-state index in [1.54, 1.807) is 35.0 Å². The van der Waals surface area contributed by atoms with Crippen molar-refractivity contribution in [2.45, 2.75) is 56.7 Å². The Morgan fingerprint density at radius 3 is 2.53 bits per heavy atom. The summed E-state index contributed by atoms with van der Waals surface area (Å²) in [5, 5.41) is 13.7. The zero-order valence-corrected chi connectivity index (χ0v) is 28.2. The fraction of sp³-hybridized carbons (Fsp3) is 0.361. The van der Waals surface area contributed by atoms with E-state index in [0.29, 0.717) is 23.5 Å². The summed E-state index contributed by atoms with van der Waals surface area (Å²) in [6, 6.07) is 22.7. The predicted octanol–water partition coefficient (Wildman–Crippen LogP) is 4.53. The first-order chi connectivity index (χ1) is 22.4. The molecular weight excluding hydrogens is 613 g/mol. The summed E-state index contributed by atoms with van der Waals surface area (Å²) in [6.07, 6.45) is 1.23. The average Bonchev–Trinajstić information content (AvgIpc) is 3.64. The van der Waals surface area contributed by atoms with Crippen molar-refractivity contribution in [2.24, 2.45) is 5.92 Å². The minimum Gasteiger partial charge on any atom is -0.432 e. The second-order valence-electron chi connectivity index (χ2n) is 13.3. The van der Waals surface area contributed by atoms with E-state index in [0.717, 1.165) is 22.0 Å². The number of carbonyl (C=O) groups excluding carboxylic acids is 3. The molecule has 0 radical (unpaired) electrons. The molecule has 246 valence electrons. The first-order valence-electron chi connectivity index (χ1n) is 16.0. The maximum absolute atomic E-state index is 14.2. The molecule has 4 aromatic rings. The molecule has 0 aliphatic carbocycles. The molecule has 3 amide bonds. The highest BCUT2D eigenvalue weighted by atomic mass is 28.4. The molecule has 1 saturated heterocycles. The third-order valence-electron chi connectivity index (χ3n) is 9.74. The van der Waals surface area contributed by atoms with Crippen LogP contribution in [0.1, 0.15) is 30.0 Å². The van der Waals surface area contributed by atoms with Gasteiger partial charge in [-0.25, -0.2) is 0 Å². The molecule has 11 heteroatoms. The number of likely N-dealkylation sites (N-methyl/N-ethyl adjacent to an activating group) is 1. The summed E-state index contributed by atoms with van der Waals surface area (Å²) in [5.74, 6) is -1.15. The molecule has 0 saturated carbocycles. The van der Waals surface area contributed by atoms with Crippen LogP contribution in [0.25, 0.3) is 10.9 Å². The Morgan fingerprint density at radius 1 is 1.09 bits per heavy atom. The standard InChI is InChI=1S/C36H42N4O6Si/c1-23-34(47(3,4)45)31(20-33(43)40(16-17-41)22-24-10-6-5-7-11-24)46-36(23)28-19-26(14-15-30(28)39(2)35(36)44)38-32(42)18-25-21-37-29-13-9-8-12-27(25)29/h5-15,19,21,23,31,34,37,41,45H,16-18,20,22H2,1-4H3,(H,38,42)/t23-,31+,34-,36+/m1/s1. The van der Waals surface area contributed by atoms with Gasteiger partial charge < -0.3 is 34.7 Å². The maximum Gasteiger partial charge on any atom is 0.264 e. The van der Waals surface area contributed by atoms with Crippen LogP contribution >= 0.6 is 0 Å². The van der Waals surface area contributed by atoms with E-state index >= 15 is 0 Å². The Bertz CT molecular complexity index is 1800. The Hall–Kier alpha value is -4.29. The van der Waals surface area contributed by atoms with Crippen molar-refractivity contribution in [1.82, 2.24) is 9.88 Å². The number of benzene rings is 3. The van der Waals surface area contributed by atoms with Gasteiger partial charge in [-0.3, -0.25) is 14.4 Å². The van der Waals surface area contributed by atoms with E-state index in [9.17, 15) is 24.3 Å². The molecule has 47 heavy (non-hydrogen) atoms. The molecule has 3 heterocycles. The quantitative estimate of drug-likeness (QED) is 0.186. The lowest BCUT2D eigenvalue weighted by molar-refractivity contribution is -0.149. The lowest BCUT2D eigenvalue weighted by atomic mass is 9.82. The van der Waals surface area contributed by atoms with Gasteiger partial charge in [-0.05, 0) is 48.5 Å². The van der Waals surface area contributed by atoms with Crippen LogP contribution in [0.4, 0.5) is 11.4 Å². The molecule has 2 aliphatic rings. The number of carbonyl (C=O) groups is 3. The molecule has 2 aliphatic heterocycles. The minimum atomic E-state index is -3.00. The SMILES string of the molecule is C[C@@H]1[C@@H]([Si](C)(C)O)[C@H](CC(=O)N(CCO)Cc2ccccc2)O[C@@]12C(=O)N(C)c1ccc(NC(=O)Cc3c[nH]c4ccccc34)cc12. The van der Waals surface area contributed by atoms with E-state index in [4.69, 9.17) is 4.74 Å². The lowest BCUT2D eigenvalue weighted by Gasteiger charge is -2.32. The largest absolute Gasteiger partial charge is 0.432 e. The van der Waals surface area contributed by atoms with Gasteiger partial charge >= 0.3 is 0 Å². The normalized spacial score (nSPS) is 22.2. The van der Waals surface area contributed by atoms with Gasteiger partial charge in [0, 0.05) is 59.9 Å². The number of para-hydroxylation sites is 1. The average molecular weight is 655 g/mol. The molecule has 1 aromatic heterocycles. The number of aliphatic hydroxyl groups excluding tert-OH is 1. The smallest absolute Gasteiger partial charge is 0.264 e. The molecule has 1 spiro atoms. The highest BCUT2D eigenvalue weighted by molar-refractivity contribution is 6.71. The zero-order valence-electron chi connectivity index (χ0n) is 27.2. The molecule has 3 aromatic carbocycles. The summed E-state index contributed by atoms with van der Waals surface area (Å²) in [5.41, 5.74) is 2.69. The summed E-state index contributed by atoms with van der Waals surface area (Å²) in [7, 11) is -1.30. The molecule has 0 unspecified atom stereocenters. The van der Waals surface area contributed by atoms with Crippen LogP contribution in [-0.4, -0.2) is 72.1 Å². The number of ether oxygens (including phenoxy) is 1. The molecule has 1 fully saturated rings. The molecule has 4 N–H and O–H groups in total. The fourth-order valence-electron chi connectivity index (χ4n) is 7.63. The highest BCUT2D eigenvalue weighted by Gasteiger charge is 2.66. The van der Waals surface area contributed by atoms with Crippen LogP contribution in [0.15, 0.2) is 79.0 Å². The van der Waals surface area contributed by atoms with Crippen molar-refractivity contribution in [3.8, 4) is 0 Å². The predicted molar refractivity (Wildman–Crippen MR) is 183 cm³/mol. The number of hydrogen-bond acceptors (Lipinski definition) is 6. The fourth-order valence-corrected chi connectivity index (χ4v) is 10.2. The number of aliphatic hydroxyl groups is 1. The molecular formula is C36H42N4O6Si. The van der Waals surface area contributed by atoms with Gasteiger partial charge in [-0.2, -0.15) is 0 Å². The number of rotatable bonds is 10. The zero-order chi connectivity index (χ0) is 33.5. The highest BCUT2D eigenvalue weighted by Crippen LogP contribution is 2.59. The van der Waals surface area contributed by atoms with E-state index in [1.165, 1.54) is 0 Å². The summed E-state index contributed by atoms with van der Waals surface area (Å²) < 4.78 is 6.77. The second-order valence-corrected chi connectivity index (χ2v) is 17.2. The minimum absolute atomic E-state index is 0.0477. The monoisotopic (exact) mass is 654 g/mol. The van der Waals surface area contributed by atoms with Crippen molar-refractivity contribution in [1.29, 1.82) is 0 Å². The number of fused-ring (bicyclic) bond motifs is 3. The summed E-state index contributed by atoms with van der Waals surface area (Å²) in [6.45, 7) is 5.82. The van der Waals surface area contributed by atoms with Crippen molar-refractivity contribution in [3.63, 3.8) is 0 Å². The van der Waals surface area contributed by atoms with E-state index in [2.05, 4.69) is 10.3 Å². The third kappa shape index (κ3) is 6.00. The number of hydrogen-bond donors (Lipinski definition) is 4. The summed E-state index contributed by atoms with van der Waals surface area (Å²) >= 11 is 0. The van der Waals surface area contributed by atoms with E-state index in [1.807, 2.05) is 80.8 Å². The molecule has 6 rings (SSSR count). The van der Waals surface area contributed by atoms with Crippen LogP contribution in [-0.2, 0) is 37.7 Å². The Morgan fingerprint density at radius 2 is 1.81 bits per heavy atom. The third-order valence-corrected chi connectivity index (χ3v) is 12.2. The Labute approximate surface area is 275 Å². The number of aromatic nitrogens is 1. The van der Waals surface area contributed by atoms with Crippen molar-refractivity contribution in [2.75, 3.05) is 30.4 Å². The van der Waals surface area contributed by atoms with Gasteiger partial charge in [0.2, 0.25) is 11.8 Å². The number of anilines is 2. The first kappa shape index (κ1) is 32.6. The molecule has 0 bridgehead atoms. The number of nitrogens with zero attached hydrogens (tertiary/aromatic N) is 2. The number of H-pyrrole nitrogens is 1. The Kier molecular flexibility index (Phi) is 8.83. The van der Waals surface area contributed by atoms with Crippen molar-refractivity contribution >= 4 is 48.3 Å². The van der Waals surface area contributed by atoms with Crippen LogP contribution in [0, 0.1) is 5.92 Å². The topological polar surface area (TPSA) is 135 Å². The van der Waals surface area contributed by atoms with Gasteiger partial charge in [-0.1, -0.05) is 55.5 Å². The number of nitrogens with one attached hydrogen (secondary N) is 2. The van der Waals surface area contributed by atoms with Crippen LogP contribution in [0.2, 0.25) is 18.6 Å². The summed E-state index contributed by atoms with van der Waals surface area (Å²) in [4.78, 5) is 59.1. The van der Waals surface area contributed by atoms with Gasteiger partial charge in [0.05, 0.1) is 31.2 Å².